The van der Waals surface area contributed by atoms with Crippen molar-refractivity contribution in [3.63, 3.8) is 0 Å². The normalized spacial score (nSPS) is 15.1. The summed E-state index contributed by atoms with van der Waals surface area (Å²) in [6, 6.07) is 0. The zero-order chi connectivity index (χ0) is 13.0. The first-order chi connectivity index (χ1) is 7.04. The molecule has 0 rings (SSSR count). The fourth-order valence-electron chi connectivity index (χ4n) is 0.898. The summed E-state index contributed by atoms with van der Waals surface area (Å²) in [5.41, 5.74) is -1.94. The average molecular weight is 231 g/mol. The maximum atomic E-state index is 11.2. The van der Waals surface area contributed by atoms with Gasteiger partial charge in [0.25, 0.3) is 0 Å². The zero-order valence-electron chi connectivity index (χ0n) is 10.6. The summed E-state index contributed by atoms with van der Waals surface area (Å²) >= 11 is 0. The van der Waals surface area contributed by atoms with E-state index in [1.165, 1.54) is 13.8 Å². The molecule has 0 spiro atoms. The number of hydrogen-bond donors (Lipinski definition) is 2. The Morgan fingerprint density at radius 2 is 1.75 bits per heavy atom. The van der Waals surface area contributed by atoms with Crippen LogP contribution in [-0.2, 0) is 9.53 Å². The number of nitrogens with one attached hydrogen (secondary N) is 1. The Labute approximate surface area is 96.2 Å². The van der Waals surface area contributed by atoms with Crippen molar-refractivity contribution >= 4 is 11.9 Å². The van der Waals surface area contributed by atoms with Gasteiger partial charge in [0, 0.05) is 13.0 Å². The number of carbonyl (C=O) groups excluding carboxylic acids is 2. The van der Waals surface area contributed by atoms with Crippen LogP contribution in [0.25, 0.3) is 0 Å². The lowest BCUT2D eigenvalue weighted by atomic mass is 9.98. The number of carbonyl (C=O) groups is 2. The van der Waals surface area contributed by atoms with Crippen molar-refractivity contribution in [2.45, 2.75) is 52.2 Å². The molecule has 0 aromatic carbocycles. The molecule has 1 unspecified atom stereocenters. The fraction of sp³-hybridized carbons (Fsp3) is 0.818. The van der Waals surface area contributed by atoms with Gasteiger partial charge in [-0.05, 0) is 34.6 Å². The SMILES string of the molecule is CC(=O)C(C)(O)CCNC(=O)OC(C)(C)C. The van der Waals surface area contributed by atoms with E-state index in [4.69, 9.17) is 4.74 Å². The van der Waals surface area contributed by atoms with Gasteiger partial charge in [0.05, 0.1) is 0 Å². The minimum atomic E-state index is -1.39. The van der Waals surface area contributed by atoms with Crippen molar-refractivity contribution in [3.05, 3.63) is 0 Å². The van der Waals surface area contributed by atoms with E-state index in [1.807, 2.05) is 0 Å². The highest BCUT2D eigenvalue weighted by Gasteiger charge is 2.26. The molecule has 0 aromatic rings. The lowest BCUT2D eigenvalue weighted by Crippen LogP contribution is -2.39. The molecule has 0 aliphatic rings. The van der Waals surface area contributed by atoms with Gasteiger partial charge in [-0.25, -0.2) is 4.79 Å². The maximum absolute atomic E-state index is 11.2. The molecule has 1 atom stereocenters. The molecule has 16 heavy (non-hydrogen) atoms. The number of ether oxygens (including phenoxy) is 1. The zero-order valence-corrected chi connectivity index (χ0v) is 10.6. The van der Waals surface area contributed by atoms with Crippen LogP contribution >= 0.6 is 0 Å². The Kier molecular flexibility index (Phi) is 4.93. The smallest absolute Gasteiger partial charge is 0.407 e. The Bertz CT molecular complexity index is 266. The van der Waals surface area contributed by atoms with Crippen LogP contribution in [0.4, 0.5) is 4.79 Å². The van der Waals surface area contributed by atoms with Gasteiger partial charge in [-0.3, -0.25) is 4.79 Å². The van der Waals surface area contributed by atoms with E-state index < -0.39 is 17.3 Å². The van der Waals surface area contributed by atoms with Crippen molar-refractivity contribution in [2.24, 2.45) is 0 Å². The van der Waals surface area contributed by atoms with Crippen LogP contribution in [0.2, 0.25) is 0 Å². The number of ketones is 1. The third-order valence-electron chi connectivity index (χ3n) is 2.04. The van der Waals surface area contributed by atoms with Crippen LogP contribution in [0.3, 0.4) is 0 Å². The maximum Gasteiger partial charge on any atom is 0.407 e. The molecule has 5 nitrogen and oxygen atoms in total. The van der Waals surface area contributed by atoms with Crippen molar-refractivity contribution in [1.82, 2.24) is 5.32 Å². The highest BCUT2D eigenvalue weighted by Crippen LogP contribution is 2.10. The molecule has 2 N–H and O–H groups in total. The van der Waals surface area contributed by atoms with Crippen LogP contribution in [-0.4, -0.2) is 34.7 Å². The minimum Gasteiger partial charge on any atom is -0.444 e. The number of alkyl carbamates (subject to hydrolysis) is 1. The van der Waals surface area contributed by atoms with Gasteiger partial charge in [-0.1, -0.05) is 0 Å². The predicted molar refractivity (Wildman–Crippen MR) is 60.2 cm³/mol. The third kappa shape index (κ3) is 6.40. The summed E-state index contributed by atoms with van der Waals surface area (Å²) in [6.45, 7) is 8.22. The lowest BCUT2D eigenvalue weighted by molar-refractivity contribution is -0.133. The molecular formula is C11H21NO4. The van der Waals surface area contributed by atoms with Gasteiger partial charge in [0.2, 0.25) is 0 Å². The second-order valence-electron chi connectivity index (χ2n) is 5.01. The van der Waals surface area contributed by atoms with E-state index in [2.05, 4.69) is 5.32 Å². The Morgan fingerprint density at radius 3 is 2.12 bits per heavy atom. The molecule has 1 amide bonds. The summed E-state index contributed by atoms with van der Waals surface area (Å²) in [5, 5.41) is 12.1. The molecule has 0 aromatic heterocycles. The first-order valence-corrected chi connectivity index (χ1v) is 5.25. The first-order valence-electron chi connectivity index (χ1n) is 5.25. The van der Waals surface area contributed by atoms with Crippen molar-refractivity contribution < 1.29 is 19.4 Å². The van der Waals surface area contributed by atoms with Gasteiger partial charge >= 0.3 is 6.09 Å². The molecule has 0 aliphatic carbocycles. The van der Waals surface area contributed by atoms with Gasteiger partial charge in [-0.2, -0.15) is 0 Å². The molecule has 0 fully saturated rings. The Balaban J connectivity index is 3.92. The molecule has 0 heterocycles. The van der Waals surface area contributed by atoms with Gasteiger partial charge < -0.3 is 15.2 Å². The summed E-state index contributed by atoms with van der Waals surface area (Å²) in [6.07, 6.45) is -0.381. The summed E-state index contributed by atoms with van der Waals surface area (Å²) < 4.78 is 5.00. The molecule has 0 saturated carbocycles. The van der Waals surface area contributed by atoms with Crippen molar-refractivity contribution in [2.75, 3.05) is 6.54 Å². The van der Waals surface area contributed by atoms with Crippen LogP contribution in [0.5, 0.6) is 0 Å². The molecule has 5 heteroatoms. The largest absolute Gasteiger partial charge is 0.444 e. The molecular weight excluding hydrogens is 210 g/mol. The van der Waals surface area contributed by atoms with Crippen molar-refractivity contribution in [1.29, 1.82) is 0 Å². The standard InChI is InChI=1S/C11H21NO4/c1-8(13)11(5,15)6-7-12-9(14)16-10(2,3)4/h15H,6-7H2,1-5H3,(H,12,14). The topological polar surface area (TPSA) is 75.6 Å². The Hall–Kier alpha value is -1.10. The van der Waals surface area contributed by atoms with E-state index in [0.717, 1.165) is 0 Å². The molecule has 0 bridgehead atoms. The van der Waals surface area contributed by atoms with Crippen LogP contribution < -0.4 is 5.32 Å². The van der Waals surface area contributed by atoms with Crippen molar-refractivity contribution in [3.8, 4) is 0 Å². The van der Waals surface area contributed by atoms with Crippen LogP contribution in [0.1, 0.15) is 41.0 Å². The fourth-order valence-corrected chi connectivity index (χ4v) is 0.898. The monoisotopic (exact) mass is 231 g/mol. The van der Waals surface area contributed by atoms with Crippen LogP contribution in [0.15, 0.2) is 0 Å². The number of Topliss-reactive ketones (excluding diaryl/α,β-unsaturated/α-hetero) is 1. The predicted octanol–water partition coefficient (Wildman–Crippen LogP) is 1.24. The number of hydrogen-bond acceptors (Lipinski definition) is 4. The van der Waals surface area contributed by atoms with E-state index in [0.29, 0.717) is 0 Å². The summed E-state index contributed by atoms with van der Waals surface area (Å²) in [7, 11) is 0. The molecule has 0 saturated heterocycles. The van der Waals surface area contributed by atoms with Crippen LogP contribution in [0, 0.1) is 0 Å². The third-order valence-corrected chi connectivity index (χ3v) is 2.04. The number of rotatable bonds is 4. The summed E-state index contributed by atoms with van der Waals surface area (Å²) in [4.78, 5) is 22.2. The first kappa shape index (κ1) is 14.9. The number of amides is 1. The second-order valence-corrected chi connectivity index (χ2v) is 5.01. The minimum absolute atomic E-state index is 0.168. The van der Waals surface area contributed by atoms with E-state index in [-0.39, 0.29) is 18.7 Å². The van der Waals surface area contributed by atoms with Gasteiger partial charge in [0.1, 0.15) is 11.2 Å². The summed E-state index contributed by atoms with van der Waals surface area (Å²) in [5.74, 6) is -0.321. The Morgan fingerprint density at radius 1 is 1.25 bits per heavy atom. The quantitative estimate of drug-likeness (QED) is 0.763. The number of aliphatic hydroxyl groups is 1. The molecule has 0 aliphatic heterocycles. The highest BCUT2D eigenvalue weighted by molar-refractivity contribution is 5.84. The van der Waals surface area contributed by atoms with E-state index >= 15 is 0 Å². The van der Waals surface area contributed by atoms with Gasteiger partial charge in [0.15, 0.2) is 5.78 Å². The van der Waals surface area contributed by atoms with E-state index in [1.54, 1.807) is 20.8 Å². The highest BCUT2D eigenvalue weighted by atomic mass is 16.6. The van der Waals surface area contributed by atoms with Gasteiger partial charge in [-0.15, -0.1) is 0 Å². The molecule has 94 valence electrons. The molecule has 0 radical (unpaired) electrons. The average Bonchev–Trinajstić information content (AvgIpc) is 1.99. The lowest BCUT2D eigenvalue weighted by Gasteiger charge is -2.22. The van der Waals surface area contributed by atoms with E-state index in [9.17, 15) is 14.7 Å². The second kappa shape index (κ2) is 5.30.